The Balaban J connectivity index is 1.53. The number of pyridine rings is 1. The maximum Gasteiger partial charge on any atom is 0.349 e. The van der Waals surface area contributed by atoms with Gasteiger partial charge in [-0.15, -0.1) is 0 Å². The zero-order chi connectivity index (χ0) is 20.9. The van der Waals surface area contributed by atoms with E-state index >= 15 is 0 Å². The molecule has 2 N–H and O–H groups in total. The minimum atomic E-state index is -0.373. The van der Waals surface area contributed by atoms with E-state index in [1.54, 1.807) is 31.6 Å². The number of nitrogens with zero attached hydrogens (tertiary/aromatic N) is 4. The van der Waals surface area contributed by atoms with E-state index in [-0.39, 0.29) is 5.69 Å². The molecule has 0 aliphatic rings. The summed E-state index contributed by atoms with van der Waals surface area (Å²) in [5.41, 5.74) is 2.17. The molecule has 3 aromatic heterocycles. The van der Waals surface area contributed by atoms with Gasteiger partial charge in [-0.05, 0) is 30.7 Å². The van der Waals surface area contributed by atoms with Crippen LogP contribution in [0, 0.1) is 6.92 Å². The van der Waals surface area contributed by atoms with E-state index in [0.717, 1.165) is 21.7 Å². The number of hydrogen-bond acceptors (Lipinski definition) is 8. The molecule has 10 nitrogen and oxygen atoms in total. The second-order valence-electron chi connectivity index (χ2n) is 6.38. The van der Waals surface area contributed by atoms with Crippen molar-refractivity contribution in [3.8, 4) is 22.9 Å². The van der Waals surface area contributed by atoms with Gasteiger partial charge in [0.1, 0.15) is 18.7 Å². The Kier molecular flexibility index (Phi) is 5.57. The molecular weight excluding hydrogens is 388 g/mol. The number of aryl methyl sites for hydroxylation is 1. The Morgan fingerprint density at radius 2 is 2.10 bits per heavy atom. The number of nitrogens with one attached hydrogen (secondary N) is 2. The van der Waals surface area contributed by atoms with Crippen LogP contribution in [0.1, 0.15) is 5.56 Å². The molecule has 0 radical (unpaired) electrons. The van der Waals surface area contributed by atoms with Gasteiger partial charge in [0.25, 0.3) is 6.01 Å². The molecular formula is C20H20N6O4. The molecule has 0 atom stereocenters. The van der Waals surface area contributed by atoms with Gasteiger partial charge in [-0.25, -0.2) is 14.8 Å². The SMILES string of the molecule is COCCOc1ccc(C)c(Nc2ncc(-c3ccnc(-n4nc[nH]c4=O)c3)o2)c1. The van der Waals surface area contributed by atoms with Gasteiger partial charge in [0.05, 0.1) is 12.8 Å². The van der Waals surface area contributed by atoms with Crippen molar-refractivity contribution in [3.63, 3.8) is 0 Å². The molecule has 0 unspecified atom stereocenters. The van der Waals surface area contributed by atoms with E-state index in [0.29, 0.717) is 36.4 Å². The predicted molar refractivity (Wildman–Crippen MR) is 109 cm³/mol. The Morgan fingerprint density at radius 3 is 2.90 bits per heavy atom. The van der Waals surface area contributed by atoms with E-state index in [1.165, 1.54) is 6.33 Å². The highest BCUT2D eigenvalue weighted by molar-refractivity contribution is 5.63. The molecule has 4 rings (SSSR count). The number of ether oxygens (including phenoxy) is 2. The normalized spacial score (nSPS) is 10.9. The Hall–Kier alpha value is -3.92. The summed E-state index contributed by atoms with van der Waals surface area (Å²) in [7, 11) is 1.63. The third-order valence-corrected chi connectivity index (χ3v) is 4.31. The Bertz CT molecular complexity index is 1200. The van der Waals surface area contributed by atoms with Crippen molar-refractivity contribution >= 4 is 11.7 Å². The largest absolute Gasteiger partial charge is 0.491 e. The molecule has 0 spiro atoms. The number of rotatable bonds is 8. The molecule has 0 saturated heterocycles. The van der Waals surface area contributed by atoms with E-state index in [1.807, 2.05) is 25.1 Å². The minimum Gasteiger partial charge on any atom is -0.491 e. The Morgan fingerprint density at radius 1 is 1.20 bits per heavy atom. The molecule has 30 heavy (non-hydrogen) atoms. The van der Waals surface area contributed by atoms with Crippen LogP contribution in [-0.4, -0.2) is 45.1 Å². The number of benzene rings is 1. The van der Waals surface area contributed by atoms with E-state index < -0.39 is 0 Å². The Labute approximate surface area is 171 Å². The maximum atomic E-state index is 11.8. The van der Waals surface area contributed by atoms with Gasteiger partial charge in [0, 0.05) is 30.6 Å². The smallest absolute Gasteiger partial charge is 0.349 e. The minimum absolute atomic E-state index is 0.331. The average Bonchev–Trinajstić information content (AvgIpc) is 3.40. The monoisotopic (exact) mass is 408 g/mol. The van der Waals surface area contributed by atoms with Crippen molar-refractivity contribution in [2.75, 3.05) is 25.6 Å². The summed E-state index contributed by atoms with van der Waals surface area (Å²) in [6, 6.07) is 9.52. The first-order chi connectivity index (χ1) is 14.6. The second kappa shape index (κ2) is 8.62. The first kappa shape index (κ1) is 19.4. The standard InChI is InChI=1S/C20H20N6O4/c1-13-3-4-15(29-8-7-28-2)10-16(13)25-19-22-11-17(30-19)14-5-6-21-18(9-14)26-20(27)23-12-24-26/h3-6,9-12H,7-8H2,1-2H3,(H,22,25)(H,23,24,27). The van der Waals surface area contributed by atoms with Crippen molar-refractivity contribution in [3.05, 3.63) is 65.1 Å². The molecule has 4 aromatic rings. The molecule has 0 bridgehead atoms. The zero-order valence-corrected chi connectivity index (χ0v) is 16.5. The summed E-state index contributed by atoms with van der Waals surface area (Å²) in [6.45, 7) is 2.95. The number of hydrogen-bond donors (Lipinski definition) is 2. The van der Waals surface area contributed by atoms with Crippen molar-refractivity contribution in [2.45, 2.75) is 6.92 Å². The van der Waals surface area contributed by atoms with Gasteiger partial charge in [-0.2, -0.15) is 9.78 Å². The van der Waals surface area contributed by atoms with Crippen LogP contribution in [0.3, 0.4) is 0 Å². The molecule has 10 heteroatoms. The van der Waals surface area contributed by atoms with Crippen molar-refractivity contribution in [2.24, 2.45) is 0 Å². The summed E-state index contributed by atoms with van der Waals surface area (Å²) >= 11 is 0. The van der Waals surface area contributed by atoms with Crippen LogP contribution >= 0.6 is 0 Å². The number of aromatic nitrogens is 5. The fourth-order valence-electron chi connectivity index (χ4n) is 2.76. The van der Waals surface area contributed by atoms with Crippen LogP contribution < -0.4 is 15.7 Å². The summed E-state index contributed by atoms with van der Waals surface area (Å²) in [5, 5.41) is 7.10. The molecule has 0 amide bonds. The number of oxazole rings is 1. The zero-order valence-electron chi connectivity index (χ0n) is 16.5. The highest BCUT2D eigenvalue weighted by Crippen LogP contribution is 2.28. The molecule has 154 valence electrons. The lowest BCUT2D eigenvalue weighted by atomic mass is 10.2. The highest BCUT2D eigenvalue weighted by Gasteiger charge is 2.11. The van der Waals surface area contributed by atoms with E-state index in [9.17, 15) is 4.79 Å². The van der Waals surface area contributed by atoms with Gasteiger partial charge in [-0.1, -0.05) is 6.07 Å². The van der Waals surface area contributed by atoms with Crippen molar-refractivity contribution in [1.82, 2.24) is 24.7 Å². The topological polar surface area (TPSA) is 120 Å². The molecule has 0 aliphatic heterocycles. The number of methoxy groups -OCH3 is 1. The summed E-state index contributed by atoms with van der Waals surface area (Å²) < 4.78 is 17.7. The van der Waals surface area contributed by atoms with Gasteiger partial charge >= 0.3 is 5.69 Å². The third kappa shape index (κ3) is 4.23. The van der Waals surface area contributed by atoms with Crippen LogP contribution in [0.25, 0.3) is 17.1 Å². The van der Waals surface area contributed by atoms with Crippen LogP contribution in [0.4, 0.5) is 11.7 Å². The fourth-order valence-corrected chi connectivity index (χ4v) is 2.76. The third-order valence-electron chi connectivity index (χ3n) is 4.31. The first-order valence-corrected chi connectivity index (χ1v) is 9.19. The average molecular weight is 408 g/mol. The quantitative estimate of drug-likeness (QED) is 0.427. The van der Waals surface area contributed by atoms with Crippen molar-refractivity contribution < 1.29 is 13.9 Å². The van der Waals surface area contributed by atoms with Gasteiger partial charge in [-0.3, -0.25) is 4.98 Å². The second-order valence-corrected chi connectivity index (χ2v) is 6.38. The molecule has 0 fully saturated rings. The molecule has 3 heterocycles. The molecule has 1 aromatic carbocycles. The summed E-state index contributed by atoms with van der Waals surface area (Å²) in [6.07, 6.45) is 4.48. The number of anilines is 2. The molecule has 0 aliphatic carbocycles. The van der Waals surface area contributed by atoms with Crippen molar-refractivity contribution in [1.29, 1.82) is 0 Å². The summed E-state index contributed by atoms with van der Waals surface area (Å²) in [4.78, 5) is 22.7. The highest BCUT2D eigenvalue weighted by atomic mass is 16.5. The fraction of sp³-hybridized carbons (Fsp3) is 0.200. The van der Waals surface area contributed by atoms with E-state index in [2.05, 4.69) is 25.4 Å². The van der Waals surface area contributed by atoms with Crippen LogP contribution in [0.5, 0.6) is 5.75 Å². The van der Waals surface area contributed by atoms with Crippen LogP contribution in [0.15, 0.2) is 58.3 Å². The molecule has 0 saturated carbocycles. The lowest BCUT2D eigenvalue weighted by Gasteiger charge is -2.10. The lowest BCUT2D eigenvalue weighted by molar-refractivity contribution is 0.146. The predicted octanol–water partition coefficient (Wildman–Crippen LogP) is 2.69. The van der Waals surface area contributed by atoms with Crippen LogP contribution in [0.2, 0.25) is 0 Å². The van der Waals surface area contributed by atoms with Crippen LogP contribution in [-0.2, 0) is 4.74 Å². The first-order valence-electron chi connectivity index (χ1n) is 9.19. The van der Waals surface area contributed by atoms with Gasteiger partial charge < -0.3 is 19.2 Å². The maximum absolute atomic E-state index is 11.8. The van der Waals surface area contributed by atoms with Gasteiger partial charge in [0.2, 0.25) is 0 Å². The lowest BCUT2D eigenvalue weighted by Crippen LogP contribution is -2.17. The summed E-state index contributed by atoms with van der Waals surface area (Å²) in [5.74, 6) is 1.62. The number of H-pyrrole nitrogens is 1. The number of aromatic amines is 1. The van der Waals surface area contributed by atoms with E-state index in [4.69, 9.17) is 13.9 Å². The van der Waals surface area contributed by atoms with Gasteiger partial charge in [0.15, 0.2) is 11.6 Å².